The standard InChI is InChI=1S/C13H8FNO4S/c14-9-2-1-3-10(7-9)20-12-5-4-8(13(16)17)6-11(12)15(18)19/h1-7H,(H,16,17). The van der Waals surface area contributed by atoms with E-state index in [1.54, 1.807) is 6.07 Å². The summed E-state index contributed by atoms with van der Waals surface area (Å²) in [5, 5.41) is 19.8. The maximum absolute atomic E-state index is 13.1. The fourth-order valence-electron chi connectivity index (χ4n) is 1.54. The number of carbonyl (C=O) groups is 1. The quantitative estimate of drug-likeness (QED) is 0.688. The van der Waals surface area contributed by atoms with Gasteiger partial charge in [0.25, 0.3) is 5.69 Å². The van der Waals surface area contributed by atoms with Crippen molar-refractivity contribution < 1.29 is 19.2 Å². The number of aromatic carboxylic acids is 1. The Morgan fingerprint density at radius 1 is 1.25 bits per heavy atom. The zero-order chi connectivity index (χ0) is 14.7. The van der Waals surface area contributed by atoms with Gasteiger partial charge in [0.1, 0.15) is 5.82 Å². The fourth-order valence-corrected chi connectivity index (χ4v) is 2.48. The van der Waals surface area contributed by atoms with Crippen LogP contribution in [0.15, 0.2) is 52.3 Å². The first-order valence-corrected chi connectivity index (χ1v) is 6.24. The highest BCUT2D eigenvalue weighted by atomic mass is 32.2. The minimum absolute atomic E-state index is 0.166. The molecule has 2 aromatic carbocycles. The molecule has 2 aromatic rings. The molecule has 0 fully saturated rings. The summed E-state index contributed by atoms with van der Waals surface area (Å²) in [6.07, 6.45) is 0. The number of nitro benzene ring substituents is 1. The maximum atomic E-state index is 13.1. The summed E-state index contributed by atoms with van der Waals surface area (Å²) in [6.45, 7) is 0. The van der Waals surface area contributed by atoms with Crippen molar-refractivity contribution in [2.75, 3.05) is 0 Å². The van der Waals surface area contributed by atoms with Gasteiger partial charge in [0.2, 0.25) is 0 Å². The molecular formula is C13H8FNO4S. The van der Waals surface area contributed by atoms with Gasteiger partial charge in [-0.05, 0) is 30.3 Å². The first-order chi connectivity index (χ1) is 9.47. The second-order valence-corrected chi connectivity index (χ2v) is 4.92. The lowest BCUT2D eigenvalue weighted by Crippen LogP contribution is -1.99. The Hall–Kier alpha value is -2.41. The Morgan fingerprint density at radius 2 is 2.00 bits per heavy atom. The van der Waals surface area contributed by atoms with Crippen molar-refractivity contribution in [2.45, 2.75) is 9.79 Å². The number of rotatable bonds is 4. The van der Waals surface area contributed by atoms with Crippen LogP contribution in [0.1, 0.15) is 10.4 Å². The number of nitrogens with zero attached hydrogens (tertiary/aromatic N) is 1. The normalized spacial score (nSPS) is 10.2. The molecule has 0 unspecified atom stereocenters. The third-order valence-corrected chi connectivity index (χ3v) is 3.48. The summed E-state index contributed by atoms with van der Waals surface area (Å²) in [4.78, 5) is 21.9. The molecule has 5 nitrogen and oxygen atoms in total. The molecule has 0 aliphatic carbocycles. The summed E-state index contributed by atoms with van der Waals surface area (Å²) in [5.41, 5.74) is -0.487. The average Bonchev–Trinajstić information content (AvgIpc) is 2.38. The topological polar surface area (TPSA) is 80.4 Å². The van der Waals surface area contributed by atoms with Gasteiger partial charge in [0, 0.05) is 11.0 Å². The fraction of sp³-hybridized carbons (Fsp3) is 0. The minimum Gasteiger partial charge on any atom is -0.478 e. The van der Waals surface area contributed by atoms with Crippen LogP contribution in [0.2, 0.25) is 0 Å². The Bertz CT molecular complexity index is 690. The lowest BCUT2D eigenvalue weighted by atomic mass is 10.2. The van der Waals surface area contributed by atoms with Crippen LogP contribution in [0.3, 0.4) is 0 Å². The lowest BCUT2D eigenvalue weighted by molar-refractivity contribution is -0.387. The van der Waals surface area contributed by atoms with Gasteiger partial charge in [-0.2, -0.15) is 0 Å². The van der Waals surface area contributed by atoms with Crippen LogP contribution in [-0.4, -0.2) is 16.0 Å². The van der Waals surface area contributed by atoms with E-state index in [-0.39, 0.29) is 16.1 Å². The molecule has 0 aliphatic heterocycles. The summed E-state index contributed by atoms with van der Waals surface area (Å²) < 4.78 is 13.1. The molecule has 0 saturated heterocycles. The van der Waals surface area contributed by atoms with Gasteiger partial charge in [0.05, 0.1) is 15.4 Å². The number of hydrogen-bond donors (Lipinski definition) is 1. The number of carboxylic acid groups (broad SMARTS) is 1. The molecule has 0 bridgehead atoms. The van der Waals surface area contributed by atoms with E-state index >= 15 is 0 Å². The summed E-state index contributed by atoms with van der Waals surface area (Å²) in [6, 6.07) is 9.24. The first kappa shape index (κ1) is 14.0. The van der Waals surface area contributed by atoms with Crippen molar-refractivity contribution >= 4 is 23.4 Å². The lowest BCUT2D eigenvalue weighted by Gasteiger charge is -2.04. The van der Waals surface area contributed by atoms with Gasteiger partial charge >= 0.3 is 5.97 Å². The van der Waals surface area contributed by atoms with E-state index < -0.39 is 16.7 Å². The van der Waals surface area contributed by atoms with Crippen LogP contribution < -0.4 is 0 Å². The second-order valence-electron chi connectivity index (χ2n) is 3.80. The largest absolute Gasteiger partial charge is 0.478 e. The number of benzene rings is 2. The van der Waals surface area contributed by atoms with Crippen LogP contribution in [-0.2, 0) is 0 Å². The van der Waals surface area contributed by atoms with Crippen molar-refractivity contribution in [1.82, 2.24) is 0 Å². The van der Waals surface area contributed by atoms with E-state index in [2.05, 4.69) is 0 Å². The van der Waals surface area contributed by atoms with Gasteiger partial charge in [-0.15, -0.1) is 0 Å². The number of hydrogen-bond acceptors (Lipinski definition) is 4. The molecule has 0 heterocycles. The van der Waals surface area contributed by atoms with Crippen molar-refractivity contribution in [3.8, 4) is 0 Å². The Balaban J connectivity index is 2.41. The molecule has 20 heavy (non-hydrogen) atoms. The smallest absolute Gasteiger partial charge is 0.335 e. The highest BCUT2D eigenvalue weighted by Crippen LogP contribution is 2.35. The summed E-state index contributed by atoms with van der Waals surface area (Å²) in [5.74, 6) is -1.68. The van der Waals surface area contributed by atoms with E-state index in [9.17, 15) is 19.3 Å². The number of halogens is 1. The first-order valence-electron chi connectivity index (χ1n) is 5.42. The van der Waals surface area contributed by atoms with Crippen LogP contribution >= 0.6 is 11.8 Å². The molecule has 0 aliphatic rings. The molecule has 2 rings (SSSR count). The predicted molar refractivity (Wildman–Crippen MR) is 70.6 cm³/mol. The van der Waals surface area contributed by atoms with Crippen LogP contribution in [0.5, 0.6) is 0 Å². The Morgan fingerprint density at radius 3 is 2.60 bits per heavy atom. The van der Waals surface area contributed by atoms with Gasteiger partial charge in [-0.25, -0.2) is 9.18 Å². The van der Waals surface area contributed by atoms with Crippen molar-refractivity contribution in [3.63, 3.8) is 0 Å². The molecule has 0 aromatic heterocycles. The van der Waals surface area contributed by atoms with Gasteiger partial charge in [0.15, 0.2) is 0 Å². The van der Waals surface area contributed by atoms with Crippen LogP contribution in [0.25, 0.3) is 0 Å². The van der Waals surface area contributed by atoms with E-state index in [0.717, 1.165) is 17.8 Å². The maximum Gasteiger partial charge on any atom is 0.335 e. The summed E-state index contributed by atoms with van der Waals surface area (Å²) in [7, 11) is 0. The van der Waals surface area contributed by atoms with E-state index in [0.29, 0.717) is 4.90 Å². The highest BCUT2D eigenvalue weighted by molar-refractivity contribution is 7.99. The molecule has 0 saturated carbocycles. The molecular weight excluding hydrogens is 285 g/mol. The second kappa shape index (κ2) is 5.70. The zero-order valence-corrected chi connectivity index (χ0v) is 10.8. The molecule has 0 amide bonds. The molecule has 0 radical (unpaired) electrons. The van der Waals surface area contributed by atoms with Crippen LogP contribution in [0.4, 0.5) is 10.1 Å². The molecule has 102 valence electrons. The summed E-state index contributed by atoms with van der Waals surface area (Å²) >= 11 is 1.00. The van der Waals surface area contributed by atoms with Crippen molar-refractivity contribution in [3.05, 3.63) is 64.0 Å². The van der Waals surface area contributed by atoms with Crippen molar-refractivity contribution in [1.29, 1.82) is 0 Å². The van der Waals surface area contributed by atoms with E-state index in [4.69, 9.17) is 5.11 Å². The SMILES string of the molecule is O=C(O)c1ccc(Sc2cccc(F)c2)c([N+](=O)[O-])c1. The van der Waals surface area contributed by atoms with Gasteiger partial charge in [-0.3, -0.25) is 10.1 Å². The minimum atomic E-state index is -1.24. The molecule has 0 atom stereocenters. The van der Waals surface area contributed by atoms with Gasteiger partial charge < -0.3 is 5.11 Å². The highest BCUT2D eigenvalue weighted by Gasteiger charge is 2.18. The van der Waals surface area contributed by atoms with Crippen LogP contribution in [0, 0.1) is 15.9 Å². The molecule has 7 heteroatoms. The Kier molecular flexibility index (Phi) is 3.99. The monoisotopic (exact) mass is 293 g/mol. The van der Waals surface area contributed by atoms with Gasteiger partial charge in [-0.1, -0.05) is 17.8 Å². The molecule has 0 spiro atoms. The molecule has 1 N–H and O–H groups in total. The zero-order valence-electron chi connectivity index (χ0n) is 9.95. The van der Waals surface area contributed by atoms with Crippen molar-refractivity contribution in [2.24, 2.45) is 0 Å². The van der Waals surface area contributed by atoms with E-state index in [1.165, 1.54) is 30.3 Å². The predicted octanol–water partition coefficient (Wildman–Crippen LogP) is 3.58. The third kappa shape index (κ3) is 3.12. The van der Waals surface area contributed by atoms with E-state index in [1.807, 2.05) is 0 Å². The average molecular weight is 293 g/mol. The number of carboxylic acids is 1. The number of nitro groups is 1. The third-order valence-electron chi connectivity index (χ3n) is 2.43. The Labute approximate surface area is 117 Å².